The van der Waals surface area contributed by atoms with Gasteiger partial charge in [0, 0.05) is 49.5 Å². The Morgan fingerprint density at radius 2 is 1.81 bits per heavy atom. The number of aryl methyl sites for hydroxylation is 1. The highest BCUT2D eigenvalue weighted by Gasteiger charge is 2.18. The van der Waals surface area contributed by atoms with Crippen molar-refractivity contribution >= 4 is 16.6 Å². The number of benzene rings is 2. The van der Waals surface area contributed by atoms with E-state index < -0.39 is 0 Å². The summed E-state index contributed by atoms with van der Waals surface area (Å²) < 4.78 is 2.56. The maximum atomic E-state index is 3.64. The van der Waals surface area contributed by atoms with Crippen molar-refractivity contribution in [2.45, 2.75) is 38.8 Å². The summed E-state index contributed by atoms with van der Waals surface area (Å²) in [7, 11) is 4.16. The van der Waals surface area contributed by atoms with Crippen LogP contribution in [0.5, 0.6) is 0 Å². The van der Waals surface area contributed by atoms with Crippen LogP contribution in [0.15, 0.2) is 48.5 Å². The molecule has 136 valence electrons. The van der Waals surface area contributed by atoms with Gasteiger partial charge in [0.25, 0.3) is 0 Å². The Morgan fingerprint density at radius 1 is 1.00 bits per heavy atom. The summed E-state index contributed by atoms with van der Waals surface area (Å²) in [6.07, 6.45) is 4.98. The molecule has 1 aliphatic heterocycles. The number of para-hydroxylation sites is 1. The van der Waals surface area contributed by atoms with E-state index in [0.29, 0.717) is 0 Å². The fourth-order valence-corrected chi connectivity index (χ4v) is 4.17. The maximum Gasteiger partial charge on any atom is 0.0485 e. The Hall–Kier alpha value is -2.26. The van der Waals surface area contributed by atoms with Crippen molar-refractivity contribution in [3.8, 4) is 0 Å². The van der Waals surface area contributed by atoms with Gasteiger partial charge in [0.05, 0.1) is 0 Å². The molecular weight excluding hydrogens is 318 g/mol. The molecule has 0 saturated carbocycles. The second-order valence-corrected chi connectivity index (χ2v) is 7.54. The highest BCUT2D eigenvalue weighted by Crippen LogP contribution is 2.30. The molecule has 0 fully saturated rings. The van der Waals surface area contributed by atoms with Crippen LogP contribution in [0.4, 0.5) is 5.69 Å². The van der Waals surface area contributed by atoms with E-state index in [-0.39, 0.29) is 0 Å². The lowest BCUT2D eigenvalue weighted by Gasteiger charge is -2.17. The van der Waals surface area contributed by atoms with E-state index >= 15 is 0 Å². The minimum atomic E-state index is 0.932. The molecule has 3 nitrogen and oxygen atoms in total. The largest absolute Gasteiger partial charge is 0.378 e. The second-order valence-electron chi connectivity index (χ2n) is 7.54. The van der Waals surface area contributed by atoms with E-state index in [9.17, 15) is 0 Å². The number of rotatable bonds is 6. The summed E-state index contributed by atoms with van der Waals surface area (Å²) in [4.78, 5) is 2.14. The lowest BCUT2D eigenvalue weighted by molar-refractivity contribution is 0.539. The van der Waals surface area contributed by atoms with Crippen LogP contribution < -0.4 is 10.2 Å². The van der Waals surface area contributed by atoms with Crippen LogP contribution in [0, 0.1) is 0 Å². The number of aromatic nitrogens is 1. The van der Waals surface area contributed by atoms with Crippen molar-refractivity contribution in [2.24, 2.45) is 0 Å². The average molecular weight is 348 g/mol. The molecule has 0 amide bonds. The second kappa shape index (κ2) is 7.55. The monoisotopic (exact) mass is 347 g/mol. The molecule has 0 saturated heterocycles. The van der Waals surface area contributed by atoms with E-state index in [2.05, 4.69) is 77.4 Å². The molecule has 1 aliphatic rings. The first-order valence-corrected chi connectivity index (χ1v) is 9.80. The zero-order valence-corrected chi connectivity index (χ0v) is 16.0. The van der Waals surface area contributed by atoms with Crippen LogP contribution in [0.3, 0.4) is 0 Å². The van der Waals surface area contributed by atoms with E-state index in [0.717, 1.165) is 19.5 Å². The van der Waals surface area contributed by atoms with Gasteiger partial charge in [-0.25, -0.2) is 0 Å². The molecule has 3 heteroatoms. The van der Waals surface area contributed by atoms with E-state index in [4.69, 9.17) is 0 Å². The topological polar surface area (TPSA) is 20.2 Å². The normalized spacial score (nSPS) is 13.8. The average Bonchev–Trinajstić information content (AvgIpc) is 3.00. The third-order valence-electron chi connectivity index (χ3n) is 5.57. The van der Waals surface area contributed by atoms with Gasteiger partial charge >= 0.3 is 0 Å². The lowest BCUT2D eigenvalue weighted by Crippen LogP contribution is -2.18. The summed E-state index contributed by atoms with van der Waals surface area (Å²) in [5.41, 5.74) is 7.17. The maximum absolute atomic E-state index is 3.64. The molecule has 26 heavy (non-hydrogen) atoms. The van der Waals surface area contributed by atoms with Gasteiger partial charge in [-0.1, -0.05) is 30.3 Å². The van der Waals surface area contributed by atoms with Crippen LogP contribution in [0.1, 0.15) is 29.7 Å². The minimum absolute atomic E-state index is 0.932. The third-order valence-corrected chi connectivity index (χ3v) is 5.57. The summed E-state index contributed by atoms with van der Waals surface area (Å²) in [5.74, 6) is 0. The standard InChI is InChI=1S/C23H29N3/c1-25(2)19-12-10-18(11-13-19)17-24-15-14-21-20-7-3-4-8-22(20)26-16-6-5-9-23(21)26/h3-4,7-8,10-13,24H,5-6,9,14-17H2,1-2H3. The molecule has 0 atom stereocenters. The number of hydrogen-bond donors (Lipinski definition) is 1. The van der Waals surface area contributed by atoms with Gasteiger partial charge in [0.15, 0.2) is 0 Å². The smallest absolute Gasteiger partial charge is 0.0485 e. The molecule has 1 N–H and O–H groups in total. The molecule has 2 heterocycles. The number of hydrogen-bond acceptors (Lipinski definition) is 2. The van der Waals surface area contributed by atoms with Crippen molar-refractivity contribution in [3.05, 3.63) is 65.4 Å². The van der Waals surface area contributed by atoms with Gasteiger partial charge in [0.1, 0.15) is 0 Å². The van der Waals surface area contributed by atoms with Gasteiger partial charge in [-0.05, 0) is 61.6 Å². The van der Waals surface area contributed by atoms with Crippen molar-refractivity contribution in [3.63, 3.8) is 0 Å². The predicted octanol–water partition coefficient (Wildman–Crippen LogP) is 4.38. The van der Waals surface area contributed by atoms with Crippen molar-refractivity contribution < 1.29 is 0 Å². The Labute approximate surface area is 156 Å². The van der Waals surface area contributed by atoms with Crippen molar-refractivity contribution in [1.29, 1.82) is 0 Å². The van der Waals surface area contributed by atoms with E-state index in [1.165, 1.54) is 48.0 Å². The quantitative estimate of drug-likeness (QED) is 0.668. The van der Waals surface area contributed by atoms with Crippen LogP contribution in [-0.2, 0) is 25.9 Å². The Kier molecular flexibility index (Phi) is 4.98. The molecule has 4 rings (SSSR count). The Morgan fingerprint density at radius 3 is 2.62 bits per heavy atom. The highest BCUT2D eigenvalue weighted by atomic mass is 15.1. The van der Waals surface area contributed by atoms with E-state index in [1.54, 1.807) is 11.3 Å². The summed E-state index contributed by atoms with van der Waals surface area (Å²) >= 11 is 0. The highest BCUT2D eigenvalue weighted by molar-refractivity contribution is 5.85. The summed E-state index contributed by atoms with van der Waals surface area (Å²) in [5, 5.41) is 5.10. The summed E-state index contributed by atoms with van der Waals surface area (Å²) in [6, 6.07) is 17.8. The number of fused-ring (bicyclic) bond motifs is 3. The SMILES string of the molecule is CN(C)c1ccc(CNCCc2c3n(c4ccccc24)CCCC3)cc1. The first-order valence-electron chi connectivity index (χ1n) is 9.80. The molecule has 1 aromatic heterocycles. The molecule has 2 aromatic carbocycles. The minimum Gasteiger partial charge on any atom is -0.378 e. The molecule has 0 unspecified atom stereocenters. The van der Waals surface area contributed by atoms with Crippen LogP contribution >= 0.6 is 0 Å². The van der Waals surface area contributed by atoms with E-state index in [1.807, 2.05) is 0 Å². The zero-order valence-electron chi connectivity index (χ0n) is 16.0. The van der Waals surface area contributed by atoms with Gasteiger partial charge in [0.2, 0.25) is 0 Å². The van der Waals surface area contributed by atoms with Gasteiger partial charge in [-0.3, -0.25) is 0 Å². The fourth-order valence-electron chi connectivity index (χ4n) is 4.17. The predicted molar refractivity (Wildman–Crippen MR) is 111 cm³/mol. The Bertz CT molecular complexity index is 874. The molecular formula is C23H29N3. The number of nitrogens with one attached hydrogen (secondary N) is 1. The van der Waals surface area contributed by atoms with Gasteiger partial charge in [-0.15, -0.1) is 0 Å². The molecule has 0 spiro atoms. The van der Waals surface area contributed by atoms with Gasteiger partial charge < -0.3 is 14.8 Å². The number of anilines is 1. The summed E-state index contributed by atoms with van der Waals surface area (Å²) in [6.45, 7) is 3.14. The van der Waals surface area contributed by atoms with Crippen molar-refractivity contribution in [2.75, 3.05) is 25.5 Å². The van der Waals surface area contributed by atoms with Crippen LogP contribution in [0.2, 0.25) is 0 Å². The first kappa shape index (κ1) is 17.2. The zero-order chi connectivity index (χ0) is 17.9. The van der Waals surface area contributed by atoms with Gasteiger partial charge in [-0.2, -0.15) is 0 Å². The van der Waals surface area contributed by atoms with Crippen LogP contribution in [0.25, 0.3) is 10.9 Å². The van der Waals surface area contributed by atoms with Crippen molar-refractivity contribution in [1.82, 2.24) is 9.88 Å². The molecule has 0 aliphatic carbocycles. The Balaban J connectivity index is 1.42. The molecule has 3 aromatic rings. The first-order chi connectivity index (χ1) is 12.7. The molecule has 0 radical (unpaired) electrons. The lowest BCUT2D eigenvalue weighted by atomic mass is 10.0. The molecule has 0 bridgehead atoms. The number of nitrogens with zero attached hydrogens (tertiary/aromatic N) is 2. The third kappa shape index (κ3) is 3.36. The van der Waals surface area contributed by atoms with Crippen LogP contribution in [-0.4, -0.2) is 25.2 Å². The fraction of sp³-hybridized carbons (Fsp3) is 0.391.